The molecule has 120 valence electrons. The van der Waals surface area contributed by atoms with Crippen LogP contribution in [0.25, 0.3) is 0 Å². The van der Waals surface area contributed by atoms with Crippen LogP contribution < -0.4 is 5.32 Å². The number of anilines is 2. The number of likely N-dealkylation sites (tertiary alicyclic amines) is 1. The zero-order valence-corrected chi connectivity index (χ0v) is 13.0. The van der Waals surface area contributed by atoms with Crippen molar-refractivity contribution in [2.45, 2.75) is 12.8 Å². The van der Waals surface area contributed by atoms with Crippen LogP contribution in [0.1, 0.15) is 23.2 Å². The zero-order chi connectivity index (χ0) is 16.1. The molecule has 5 heteroatoms. The van der Waals surface area contributed by atoms with E-state index in [1.54, 1.807) is 12.4 Å². The summed E-state index contributed by atoms with van der Waals surface area (Å²) in [5.74, 6) is 0.405. The van der Waals surface area contributed by atoms with Crippen molar-refractivity contribution < 1.29 is 9.90 Å². The SMILES string of the molecule is O=C(c1ccc(Nc2ccncc2)cc1)N1CCC(CO)CC1. The van der Waals surface area contributed by atoms with E-state index in [2.05, 4.69) is 10.3 Å². The van der Waals surface area contributed by atoms with Gasteiger partial charge >= 0.3 is 0 Å². The zero-order valence-electron chi connectivity index (χ0n) is 13.0. The average molecular weight is 311 g/mol. The number of benzene rings is 1. The van der Waals surface area contributed by atoms with Gasteiger partial charge in [0.2, 0.25) is 0 Å². The van der Waals surface area contributed by atoms with Crippen molar-refractivity contribution in [2.24, 2.45) is 5.92 Å². The minimum atomic E-state index is 0.0665. The monoisotopic (exact) mass is 311 g/mol. The van der Waals surface area contributed by atoms with E-state index in [1.165, 1.54) is 0 Å². The highest BCUT2D eigenvalue weighted by molar-refractivity contribution is 5.94. The van der Waals surface area contributed by atoms with E-state index in [0.29, 0.717) is 11.5 Å². The lowest BCUT2D eigenvalue weighted by Gasteiger charge is -2.31. The van der Waals surface area contributed by atoms with Crippen molar-refractivity contribution in [2.75, 3.05) is 25.0 Å². The smallest absolute Gasteiger partial charge is 0.253 e. The molecule has 1 aromatic carbocycles. The highest BCUT2D eigenvalue weighted by Gasteiger charge is 2.22. The summed E-state index contributed by atoms with van der Waals surface area (Å²) >= 11 is 0. The molecule has 2 N–H and O–H groups in total. The molecule has 23 heavy (non-hydrogen) atoms. The van der Waals surface area contributed by atoms with Gasteiger partial charge in [0.05, 0.1) is 0 Å². The lowest BCUT2D eigenvalue weighted by atomic mass is 9.97. The molecule has 0 radical (unpaired) electrons. The van der Waals surface area contributed by atoms with Crippen molar-refractivity contribution in [1.29, 1.82) is 0 Å². The third kappa shape index (κ3) is 3.87. The average Bonchev–Trinajstić information content (AvgIpc) is 2.63. The summed E-state index contributed by atoms with van der Waals surface area (Å²) in [4.78, 5) is 18.4. The molecule has 0 saturated carbocycles. The number of carbonyl (C=O) groups is 1. The van der Waals surface area contributed by atoms with Crippen LogP contribution in [0.3, 0.4) is 0 Å². The molecular weight excluding hydrogens is 290 g/mol. The molecule has 2 aromatic rings. The molecule has 1 amide bonds. The number of carbonyl (C=O) groups excluding carboxylic acids is 1. The Morgan fingerprint density at radius 2 is 1.70 bits per heavy atom. The van der Waals surface area contributed by atoms with E-state index >= 15 is 0 Å². The van der Waals surface area contributed by atoms with Crippen molar-refractivity contribution in [3.05, 3.63) is 54.4 Å². The van der Waals surface area contributed by atoms with Crippen LogP contribution in [-0.2, 0) is 0 Å². The van der Waals surface area contributed by atoms with Crippen LogP contribution in [0.5, 0.6) is 0 Å². The Morgan fingerprint density at radius 1 is 1.09 bits per heavy atom. The van der Waals surface area contributed by atoms with Gasteiger partial charge in [-0.05, 0) is 55.2 Å². The van der Waals surface area contributed by atoms with E-state index in [1.807, 2.05) is 41.3 Å². The summed E-state index contributed by atoms with van der Waals surface area (Å²) in [5, 5.41) is 12.4. The number of nitrogens with one attached hydrogen (secondary N) is 1. The summed E-state index contributed by atoms with van der Waals surface area (Å²) in [6.07, 6.45) is 5.22. The highest BCUT2D eigenvalue weighted by Crippen LogP contribution is 2.20. The number of piperidine rings is 1. The Hall–Kier alpha value is -2.40. The number of rotatable bonds is 4. The van der Waals surface area contributed by atoms with E-state index in [9.17, 15) is 9.90 Å². The quantitative estimate of drug-likeness (QED) is 0.911. The molecule has 0 bridgehead atoms. The van der Waals surface area contributed by atoms with E-state index in [0.717, 1.165) is 37.3 Å². The van der Waals surface area contributed by atoms with Gasteiger partial charge in [-0.15, -0.1) is 0 Å². The largest absolute Gasteiger partial charge is 0.396 e. The normalized spacial score (nSPS) is 15.4. The fourth-order valence-electron chi connectivity index (χ4n) is 2.80. The van der Waals surface area contributed by atoms with E-state index < -0.39 is 0 Å². The van der Waals surface area contributed by atoms with Crippen LogP contribution in [0.15, 0.2) is 48.8 Å². The molecule has 0 spiro atoms. The molecule has 0 unspecified atom stereocenters. The first kappa shape index (κ1) is 15.5. The molecule has 1 aliphatic rings. The minimum absolute atomic E-state index is 0.0665. The molecule has 1 aliphatic heterocycles. The second kappa shape index (κ2) is 7.24. The second-order valence-corrected chi connectivity index (χ2v) is 5.86. The molecule has 2 heterocycles. The number of aliphatic hydroxyl groups excluding tert-OH is 1. The van der Waals surface area contributed by atoms with Gasteiger partial charge in [0.15, 0.2) is 0 Å². The summed E-state index contributed by atoms with van der Waals surface area (Å²) < 4.78 is 0. The lowest BCUT2D eigenvalue weighted by molar-refractivity contribution is 0.0651. The third-order valence-corrected chi connectivity index (χ3v) is 4.26. The first-order chi connectivity index (χ1) is 11.3. The fraction of sp³-hybridized carbons (Fsp3) is 0.333. The van der Waals surface area contributed by atoms with Gasteiger partial charge in [0.25, 0.3) is 5.91 Å². The lowest BCUT2D eigenvalue weighted by Crippen LogP contribution is -2.39. The van der Waals surface area contributed by atoms with Gasteiger partial charge in [0.1, 0.15) is 0 Å². The van der Waals surface area contributed by atoms with E-state index in [-0.39, 0.29) is 12.5 Å². The second-order valence-electron chi connectivity index (χ2n) is 5.86. The summed E-state index contributed by atoms with van der Waals surface area (Å²) in [7, 11) is 0. The van der Waals surface area contributed by atoms with Crippen LogP contribution in [0.2, 0.25) is 0 Å². The van der Waals surface area contributed by atoms with Gasteiger partial charge in [-0.2, -0.15) is 0 Å². The van der Waals surface area contributed by atoms with Crippen LogP contribution in [-0.4, -0.2) is 40.6 Å². The van der Waals surface area contributed by atoms with Gasteiger partial charge < -0.3 is 15.3 Å². The molecule has 0 aliphatic carbocycles. The number of hydrogen-bond donors (Lipinski definition) is 2. The number of aromatic nitrogens is 1. The van der Waals surface area contributed by atoms with Gasteiger partial charge in [0, 0.05) is 49.0 Å². The Morgan fingerprint density at radius 3 is 2.30 bits per heavy atom. The summed E-state index contributed by atoms with van der Waals surface area (Å²) in [5.41, 5.74) is 2.60. The highest BCUT2D eigenvalue weighted by atomic mass is 16.3. The number of pyridine rings is 1. The molecule has 0 atom stereocenters. The van der Waals surface area contributed by atoms with Crippen molar-refractivity contribution in [1.82, 2.24) is 9.88 Å². The maximum absolute atomic E-state index is 12.5. The molecule has 3 rings (SSSR count). The molecule has 1 aromatic heterocycles. The van der Waals surface area contributed by atoms with Gasteiger partial charge in [-0.25, -0.2) is 0 Å². The summed E-state index contributed by atoms with van der Waals surface area (Å²) in [6, 6.07) is 11.3. The molecule has 1 fully saturated rings. The van der Waals surface area contributed by atoms with Crippen LogP contribution >= 0.6 is 0 Å². The Bertz CT molecular complexity index is 635. The maximum atomic E-state index is 12.5. The molecule has 5 nitrogen and oxygen atoms in total. The number of aliphatic hydroxyl groups is 1. The van der Waals surface area contributed by atoms with Crippen LogP contribution in [0, 0.1) is 5.92 Å². The predicted molar refractivity (Wildman–Crippen MR) is 89.7 cm³/mol. The van der Waals surface area contributed by atoms with E-state index in [4.69, 9.17) is 0 Å². The minimum Gasteiger partial charge on any atom is -0.396 e. The number of amides is 1. The standard InChI is InChI=1S/C18H21N3O2/c22-13-14-7-11-21(12-8-14)18(23)15-1-3-16(4-2-15)20-17-5-9-19-10-6-17/h1-6,9-10,14,22H,7-8,11-13H2,(H,19,20). The maximum Gasteiger partial charge on any atom is 0.253 e. The summed E-state index contributed by atoms with van der Waals surface area (Å²) in [6.45, 7) is 1.67. The Labute approximate surface area is 136 Å². The Balaban J connectivity index is 1.62. The van der Waals surface area contributed by atoms with Crippen LogP contribution in [0.4, 0.5) is 11.4 Å². The third-order valence-electron chi connectivity index (χ3n) is 4.26. The van der Waals surface area contributed by atoms with Crippen molar-refractivity contribution in [3.8, 4) is 0 Å². The first-order valence-corrected chi connectivity index (χ1v) is 7.93. The number of hydrogen-bond acceptors (Lipinski definition) is 4. The topological polar surface area (TPSA) is 65.5 Å². The number of nitrogens with zero attached hydrogens (tertiary/aromatic N) is 2. The predicted octanol–water partition coefficient (Wildman–Crippen LogP) is 2.67. The van der Waals surface area contributed by atoms with Gasteiger partial charge in [-0.3, -0.25) is 9.78 Å². The van der Waals surface area contributed by atoms with Crippen molar-refractivity contribution >= 4 is 17.3 Å². The Kier molecular flexibility index (Phi) is 4.88. The fourth-order valence-corrected chi connectivity index (χ4v) is 2.80. The first-order valence-electron chi connectivity index (χ1n) is 7.93. The van der Waals surface area contributed by atoms with Crippen molar-refractivity contribution in [3.63, 3.8) is 0 Å². The molecule has 1 saturated heterocycles. The molecular formula is C18H21N3O2. The van der Waals surface area contributed by atoms with Gasteiger partial charge in [-0.1, -0.05) is 0 Å².